The van der Waals surface area contributed by atoms with Crippen molar-refractivity contribution in [1.29, 1.82) is 0 Å². The minimum Gasteiger partial charge on any atom is -0.338 e. The number of hydrogen-bond donors (Lipinski definition) is 2. The molecule has 0 fully saturated rings. The van der Waals surface area contributed by atoms with Crippen LogP contribution in [0.15, 0.2) is 24.5 Å². The number of aryl methyl sites for hydroxylation is 1. The van der Waals surface area contributed by atoms with Crippen LogP contribution in [-0.2, 0) is 13.0 Å². The van der Waals surface area contributed by atoms with Crippen LogP contribution < -0.4 is 10.6 Å². The van der Waals surface area contributed by atoms with Crippen LogP contribution in [0.3, 0.4) is 0 Å². The summed E-state index contributed by atoms with van der Waals surface area (Å²) in [6.07, 6.45) is 4.74. The lowest BCUT2D eigenvalue weighted by atomic mass is 10.1. The summed E-state index contributed by atoms with van der Waals surface area (Å²) in [5.41, 5.74) is 2.01. The Morgan fingerprint density at radius 3 is 2.81 bits per heavy atom. The highest BCUT2D eigenvalue weighted by molar-refractivity contribution is 5.80. The molecule has 2 aromatic heterocycles. The molecule has 2 amide bonds. The van der Waals surface area contributed by atoms with Crippen LogP contribution in [0.5, 0.6) is 0 Å². The maximum atomic E-state index is 11.7. The van der Waals surface area contributed by atoms with Gasteiger partial charge >= 0.3 is 6.03 Å². The van der Waals surface area contributed by atoms with E-state index in [-0.39, 0.29) is 11.6 Å². The molecule has 0 unspecified atom stereocenters. The second-order valence-corrected chi connectivity index (χ2v) is 6.20. The van der Waals surface area contributed by atoms with Gasteiger partial charge in [0.25, 0.3) is 0 Å². The second-order valence-electron chi connectivity index (χ2n) is 6.20. The zero-order chi connectivity index (χ0) is 15.5. The molecule has 2 heterocycles. The summed E-state index contributed by atoms with van der Waals surface area (Å²) in [4.78, 5) is 16.2. The highest BCUT2D eigenvalue weighted by Gasteiger charge is 2.13. The number of aromatic nitrogens is 2. The molecule has 2 N–H and O–H groups in total. The zero-order valence-electron chi connectivity index (χ0n) is 13.2. The number of rotatable bonds is 4. The van der Waals surface area contributed by atoms with Gasteiger partial charge in [-0.2, -0.15) is 0 Å². The van der Waals surface area contributed by atoms with Crippen LogP contribution in [0.4, 0.5) is 4.79 Å². The molecule has 2 aromatic rings. The van der Waals surface area contributed by atoms with E-state index < -0.39 is 0 Å². The quantitative estimate of drug-likeness (QED) is 0.908. The van der Waals surface area contributed by atoms with Gasteiger partial charge in [-0.15, -0.1) is 0 Å². The third kappa shape index (κ3) is 3.97. The molecular weight excluding hydrogens is 264 g/mol. The maximum Gasteiger partial charge on any atom is 0.315 e. The van der Waals surface area contributed by atoms with Crippen molar-refractivity contribution in [2.75, 3.05) is 6.54 Å². The first-order valence-corrected chi connectivity index (χ1v) is 7.39. The number of pyridine rings is 1. The van der Waals surface area contributed by atoms with E-state index in [2.05, 4.69) is 39.4 Å². The highest BCUT2D eigenvalue weighted by atomic mass is 16.2. The Labute approximate surface area is 125 Å². The topological polar surface area (TPSA) is 59.0 Å². The minimum atomic E-state index is -0.216. The van der Waals surface area contributed by atoms with E-state index in [0.717, 1.165) is 24.0 Å². The molecule has 5 nitrogen and oxygen atoms in total. The Bertz CT molecular complexity index is 625. The van der Waals surface area contributed by atoms with Crippen molar-refractivity contribution in [3.63, 3.8) is 0 Å². The van der Waals surface area contributed by atoms with E-state index in [1.54, 1.807) is 0 Å². The van der Waals surface area contributed by atoms with Crippen LogP contribution in [0.2, 0.25) is 0 Å². The third-order valence-corrected chi connectivity index (χ3v) is 3.23. The van der Waals surface area contributed by atoms with Crippen molar-refractivity contribution in [2.24, 2.45) is 0 Å². The van der Waals surface area contributed by atoms with Gasteiger partial charge in [-0.1, -0.05) is 0 Å². The van der Waals surface area contributed by atoms with Gasteiger partial charge in [0.05, 0.1) is 0 Å². The molecule has 0 saturated carbocycles. The van der Waals surface area contributed by atoms with Gasteiger partial charge in [-0.25, -0.2) is 9.78 Å². The molecule has 0 atom stereocenters. The number of nitrogens with one attached hydrogen (secondary N) is 2. The Balaban J connectivity index is 1.99. The molecule has 0 saturated heterocycles. The van der Waals surface area contributed by atoms with E-state index in [1.165, 1.54) is 5.56 Å². The Morgan fingerprint density at radius 2 is 2.14 bits per heavy atom. The smallest absolute Gasteiger partial charge is 0.315 e. The van der Waals surface area contributed by atoms with Crippen molar-refractivity contribution in [3.05, 3.63) is 30.1 Å². The lowest BCUT2D eigenvalue weighted by Gasteiger charge is -2.20. The Kier molecular flexibility index (Phi) is 4.50. The number of carbonyl (C=O) groups is 1. The fraction of sp³-hybridized carbons (Fsp3) is 0.500. The SMILES string of the molecule is CCn1cc(CCNC(=O)NC(C)(C)C)c2cccnc21. The predicted octanol–water partition coefficient (Wildman–Crippen LogP) is 2.70. The van der Waals surface area contributed by atoms with Gasteiger partial charge in [0.1, 0.15) is 5.65 Å². The van der Waals surface area contributed by atoms with E-state index in [1.807, 2.05) is 33.0 Å². The molecule has 0 spiro atoms. The Hall–Kier alpha value is -2.04. The van der Waals surface area contributed by atoms with E-state index in [0.29, 0.717) is 6.54 Å². The molecule has 0 aromatic carbocycles. The van der Waals surface area contributed by atoms with Crippen LogP contribution >= 0.6 is 0 Å². The van der Waals surface area contributed by atoms with Crippen LogP contribution in [0.25, 0.3) is 11.0 Å². The summed E-state index contributed by atoms with van der Waals surface area (Å²) in [6, 6.07) is 3.91. The zero-order valence-corrected chi connectivity index (χ0v) is 13.2. The van der Waals surface area contributed by atoms with Crippen molar-refractivity contribution in [1.82, 2.24) is 20.2 Å². The molecular formula is C16H24N4O. The van der Waals surface area contributed by atoms with Gasteiger partial charge in [-0.05, 0) is 51.8 Å². The van der Waals surface area contributed by atoms with E-state index >= 15 is 0 Å². The number of carbonyl (C=O) groups excluding carboxylic acids is 1. The number of hydrogen-bond acceptors (Lipinski definition) is 2. The third-order valence-electron chi connectivity index (χ3n) is 3.23. The summed E-state index contributed by atoms with van der Waals surface area (Å²) in [5, 5.41) is 6.96. The number of urea groups is 1. The molecule has 0 aliphatic heterocycles. The van der Waals surface area contributed by atoms with Crippen LogP contribution in [0, 0.1) is 0 Å². The van der Waals surface area contributed by atoms with Crippen LogP contribution in [0.1, 0.15) is 33.3 Å². The monoisotopic (exact) mass is 288 g/mol. The molecule has 0 bridgehead atoms. The van der Waals surface area contributed by atoms with Crippen molar-refractivity contribution in [3.8, 4) is 0 Å². The highest BCUT2D eigenvalue weighted by Crippen LogP contribution is 2.19. The number of nitrogens with zero attached hydrogens (tertiary/aromatic N) is 2. The second kappa shape index (κ2) is 6.16. The molecule has 2 rings (SSSR count). The fourth-order valence-electron chi connectivity index (χ4n) is 2.33. The van der Waals surface area contributed by atoms with Crippen molar-refractivity contribution >= 4 is 17.1 Å². The lowest BCUT2D eigenvalue weighted by Crippen LogP contribution is -2.46. The first-order valence-electron chi connectivity index (χ1n) is 7.39. The molecule has 21 heavy (non-hydrogen) atoms. The summed E-state index contributed by atoms with van der Waals surface area (Å²) < 4.78 is 2.14. The molecule has 5 heteroatoms. The Morgan fingerprint density at radius 1 is 1.38 bits per heavy atom. The number of fused-ring (bicyclic) bond motifs is 1. The van der Waals surface area contributed by atoms with Gasteiger partial charge < -0.3 is 15.2 Å². The summed E-state index contributed by atoms with van der Waals surface area (Å²) in [6.45, 7) is 9.51. The predicted molar refractivity (Wildman–Crippen MR) is 85.4 cm³/mol. The molecule has 0 radical (unpaired) electrons. The van der Waals surface area contributed by atoms with Gasteiger partial charge in [0.15, 0.2) is 0 Å². The summed E-state index contributed by atoms with van der Waals surface area (Å²) >= 11 is 0. The van der Waals surface area contributed by atoms with Gasteiger partial charge in [0.2, 0.25) is 0 Å². The lowest BCUT2D eigenvalue weighted by molar-refractivity contribution is 0.232. The molecule has 114 valence electrons. The van der Waals surface area contributed by atoms with Crippen molar-refractivity contribution < 1.29 is 4.79 Å². The molecule has 0 aliphatic carbocycles. The van der Waals surface area contributed by atoms with Gasteiger partial charge in [-0.3, -0.25) is 0 Å². The number of amides is 2. The fourth-order valence-corrected chi connectivity index (χ4v) is 2.33. The first kappa shape index (κ1) is 15.4. The van der Waals surface area contributed by atoms with Crippen molar-refractivity contribution in [2.45, 2.75) is 46.2 Å². The van der Waals surface area contributed by atoms with Crippen LogP contribution in [-0.4, -0.2) is 27.7 Å². The molecule has 0 aliphatic rings. The maximum absolute atomic E-state index is 11.7. The largest absolute Gasteiger partial charge is 0.338 e. The first-order chi connectivity index (χ1) is 9.90. The minimum absolute atomic E-state index is 0.125. The normalized spacial score (nSPS) is 11.6. The van der Waals surface area contributed by atoms with E-state index in [9.17, 15) is 4.79 Å². The summed E-state index contributed by atoms with van der Waals surface area (Å²) in [7, 11) is 0. The van der Waals surface area contributed by atoms with Gasteiger partial charge in [0, 0.05) is 36.4 Å². The average Bonchev–Trinajstić information content (AvgIpc) is 2.75. The van der Waals surface area contributed by atoms with E-state index in [4.69, 9.17) is 0 Å². The standard InChI is InChI=1S/C16H24N4O/c1-5-20-11-12(13-7-6-9-17-14(13)20)8-10-18-15(21)19-16(2,3)4/h6-7,9,11H,5,8,10H2,1-4H3,(H2,18,19,21). The summed E-state index contributed by atoms with van der Waals surface area (Å²) in [5.74, 6) is 0. The average molecular weight is 288 g/mol.